The molecular formula is C8H18KN. The maximum Gasteiger partial charge on any atom is 1.00 e. The zero-order chi connectivity index (χ0) is 7.11. The summed E-state index contributed by atoms with van der Waals surface area (Å²) in [5.74, 6) is 0. The fourth-order valence-electron chi connectivity index (χ4n) is 1.01. The van der Waals surface area contributed by atoms with E-state index in [1.165, 1.54) is 25.9 Å². The van der Waals surface area contributed by atoms with Gasteiger partial charge in [0.1, 0.15) is 0 Å². The second-order valence-electron chi connectivity index (χ2n) is 2.05. The molecule has 0 aromatic carbocycles. The van der Waals surface area contributed by atoms with Crippen molar-refractivity contribution in [3.05, 3.63) is 6.92 Å². The first-order chi connectivity index (χ1) is 4.43. The third-order valence-electron chi connectivity index (χ3n) is 1.51. The molecule has 0 unspecified atom stereocenters. The summed E-state index contributed by atoms with van der Waals surface area (Å²) < 4.78 is 0. The SMILES string of the molecule is CC.[CH2-]CN1CCCC1.[K+]. The summed E-state index contributed by atoms with van der Waals surface area (Å²) in [5, 5.41) is 0. The smallest absolute Gasteiger partial charge is 0.333 e. The van der Waals surface area contributed by atoms with Crippen molar-refractivity contribution >= 4 is 0 Å². The Balaban J connectivity index is 0. The van der Waals surface area contributed by atoms with Crippen molar-refractivity contribution in [1.29, 1.82) is 0 Å². The number of likely N-dealkylation sites (tertiary alicyclic amines) is 1. The summed E-state index contributed by atoms with van der Waals surface area (Å²) in [4.78, 5) is 2.38. The third kappa shape index (κ3) is 6.32. The van der Waals surface area contributed by atoms with Crippen LogP contribution in [0.2, 0.25) is 0 Å². The van der Waals surface area contributed by atoms with E-state index in [1.54, 1.807) is 0 Å². The van der Waals surface area contributed by atoms with Crippen LogP contribution in [0.1, 0.15) is 26.7 Å². The predicted molar refractivity (Wildman–Crippen MR) is 42.4 cm³/mol. The number of hydrogen-bond acceptors (Lipinski definition) is 1. The molecular weight excluding hydrogens is 149 g/mol. The van der Waals surface area contributed by atoms with Crippen LogP contribution in [0.15, 0.2) is 0 Å². The van der Waals surface area contributed by atoms with Gasteiger partial charge in [0.05, 0.1) is 0 Å². The van der Waals surface area contributed by atoms with Gasteiger partial charge >= 0.3 is 51.4 Å². The van der Waals surface area contributed by atoms with Gasteiger partial charge in [0.15, 0.2) is 0 Å². The Morgan fingerprint density at radius 3 is 1.80 bits per heavy atom. The summed E-state index contributed by atoms with van der Waals surface area (Å²) in [6.45, 7) is 11.4. The van der Waals surface area contributed by atoms with Crippen molar-refractivity contribution in [3.63, 3.8) is 0 Å². The third-order valence-corrected chi connectivity index (χ3v) is 1.51. The van der Waals surface area contributed by atoms with E-state index in [0.717, 1.165) is 6.54 Å². The topological polar surface area (TPSA) is 3.24 Å². The second-order valence-corrected chi connectivity index (χ2v) is 2.05. The van der Waals surface area contributed by atoms with Crippen LogP contribution in [-0.2, 0) is 0 Å². The minimum absolute atomic E-state index is 0. The van der Waals surface area contributed by atoms with Crippen LogP contribution >= 0.6 is 0 Å². The molecule has 0 aromatic rings. The molecule has 0 N–H and O–H groups in total. The second kappa shape index (κ2) is 10.6. The van der Waals surface area contributed by atoms with Crippen molar-refractivity contribution < 1.29 is 51.4 Å². The van der Waals surface area contributed by atoms with Gasteiger partial charge in [0, 0.05) is 0 Å². The molecule has 1 saturated heterocycles. The minimum atomic E-state index is 0. The van der Waals surface area contributed by atoms with E-state index in [1.807, 2.05) is 13.8 Å². The summed E-state index contributed by atoms with van der Waals surface area (Å²) >= 11 is 0. The van der Waals surface area contributed by atoms with E-state index in [-0.39, 0.29) is 51.4 Å². The monoisotopic (exact) mass is 167 g/mol. The summed E-state index contributed by atoms with van der Waals surface area (Å²) in [6, 6.07) is 0. The first-order valence-electron chi connectivity index (χ1n) is 3.95. The average molecular weight is 167 g/mol. The molecule has 1 aliphatic rings. The maximum absolute atomic E-state index is 3.79. The van der Waals surface area contributed by atoms with Gasteiger partial charge in [-0.05, 0) is 25.9 Å². The Hall–Kier alpha value is 1.60. The van der Waals surface area contributed by atoms with Gasteiger partial charge in [-0.1, -0.05) is 13.8 Å². The van der Waals surface area contributed by atoms with Gasteiger partial charge in [-0.25, -0.2) is 0 Å². The zero-order valence-corrected chi connectivity index (χ0v) is 10.8. The van der Waals surface area contributed by atoms with E-state index in [2.05, 4.69) is 11.8 Å². The first kappa shape index (κ1) is 14.1. The summed E-state index contributed by atoms with van der Waals surface area (Å²) in [6.07, 6.45) is 2.77. The van der Waals surface area contributed by atoms with Crippen molar-refractivity contribution in [2.45, 2.75) is 26.7 Å². The zero-order valence-electron chi connectivity index (χ0n) is 7.69. The van der Waals surface area contributed by atoms with Crippen molar-refractivity contribution in [2.75, 3.05) is 19.6 Å². The number of hydrogen-bond donors (Lipinski definition) is 0. The maximum atomic E-state index is 3.79. The van der Waals surface area contributed by atoms with E-state index in [9.17, 15) is 0 Å². The largest absolute Gasteiger partial charge is 1.00 e. The Morgan fingerprint density at radius 1 is 1.20 bits per heavy atom. The van der Waals surface area contributed by atoms with Crippen LogP contribution in [0.4, 0.5) is 0 Å². The van der Waals surface area contributed by atoms with Gasteiger partial charge in [0.25, 0.3) is 0 Å². The normalized spacial score (nSPS) is 17.1. The summed E-state index contributed by atoms with van der Waals surface area (Å²) in [7, 11) is 0. The molecule has 56 valence electrons. The van der Waals surface area contributed by atoms with E-state index < -0.39 is 0 Å². The molecule has 2 heteroatoms. The molecule has 10 heavy (non-hydrogen) atoms. The Morgan fingerprint density at radius 2 is 1.60 bits per heavy atom. The van der Waals surface area contributed by atoms with E-state index in [4.69, 9.17) is 0 Å². The Bertz CT molecular complexity index is 51.2. The van der Waals surface area contributed by atoms with Crippen LogP contribution in [0.5, 0.6) is 0 Å². The van der Waals surface area contributed by atoms with Crippen molar-refractivity contribution in [1.82, 2.24) is 4.90 Å². The molecule has 0 bridgehead atoms. The molecule has 0 atom stereocenters. The standard InChI is InChI=1S/C6H12N.C2H6.K/c1-2-7-5-3-4-6-7;1-2;/h1-6H2;1-2H3;/q-1;;+1. The van der Waals surface area contributed by atoms with Gasteiger partial charge in [-0.15, -0.1) is 6.54 Å². The van der Waals surface area contributed by atoms with Crippen molar-refractivity contribution in [3.8, 4) is 0 Å². The molecule has 0 saturated carbocycles. The van der Waals surface area contributed by atoms with Crippen LogP contribution in [0.3, 0.4) is 0 Å². The Labute approximate surface area is 108 Å². The van der Waals surface area contributed by atoms with Gasteiger partial charge < -0.3 is 11.8 Å². The van der Waals surface area contributed by atoms with E-state index in [0.29, 0.717) is 0 Å². The quantitative estimate of drug-likeness (QED) is 0.356. The van der Waals surface area contributed by atoms with Gasteiger partial charge in [-0.2, -0.15) is 0 Å². The molecule has 0 aliphatic carbocycles. The fraction of sp³-hybridized carbons (Fsp3) is 0.875. The molecule has 0 spiro atoms. The number of nitrogens with zero attached hydrogens (tertiary/aromatic N) is 1. The van der Waals surface area contributed by atoms with Gasteiger partial charge in [-0.3, -0.25) is 0 Å². The first-order valence-corrected chi connectivity index (χ1v) is 3.95. The molecule has 0 aromatic heterocycles. The molecule has 0 radical (unpaired) electrons. The van der Waals surface area contributed by atoms with Crippen LogP contribution in [-0.4, -0.2) is 24.5 Å². The van der Waals surface area contributed by atoms with Crippen LogP contribution in [0.25, 0.3) is 0 Å². The Kier molecular flexibility index (Phi) is 15.0. The molecule has 1 aliphatic heterocycles. The molecule has 0 amide bonds. The van der Waals surface area contributed by atoms with Crippen LogP contribution < -0.4 is 51.4 Å². The predicted octanol–water partition coefficient (Wildman–Crippen LogP) is -1.05. The van der Waals surface area contributed by atoms with Crippen LogP contribution in [0, 0.1) is 6.92 Å². The van der Waals surface area contributed by atoms with E-state index >= 15 is 0 Å². The average Bonchev–Trinajstić information content (AvgIpc) is 2.43. The molecule has 1 nitrogen and oxygen atoms in total. The summed E-state index contributed by atoms with van der Waals surface area (Å²) in [5.41, 5.74) is 0. The minimum Gasteiger partial charge on any atom is -0.333 e. The van der Waals surface area contributed by atoms with Crippen molar-refractivity contribution in [2.24, 2.45) is 0 Å². The fourth-order valence-corrected chi connectivity index (χ4v) is 1.01. The molecule has 1 heterocycles. The van der Waals surface area contributed by atoms with Gasteiger partial charge in [0.2, 0.25) is 0 Å². The molecule has 1 rings (SSSR count). The molecule has 1 fully saturated rings. The number of rotatable bonds is 1.